The first-order valence-electron chi connectivity index (χ1n) is 11.2. The Labute approximate surface area is 207 Å². The molecule has 10 heteroatoms. The highest BCUT2D eigenvalue weighted by atomic mass is 32.2. The molecule has 1 aliphatic rings. The predicted molar refractivity (Wildman–Crippen MR) is 139 cm³/mol. The Morgan fingerprint density at radius 1 is 1.08 bits per heavy atom. The zero-order valence-corrected chi connectivity index (χ0v) is 20.1. The van der Waals surface area contributed by atoms with Gasteiger partial charge >= 0.3 is 0 Å². The smallest absolute Gasteiger partial charge is 0.286 e. The number of fused-ring (bicyclic) bond motifs is 2. The van der Waals surface area contributed by atoms with Crippen LogP contribution in [0.25, 0.3) is 10.9 Å². The lowest BCUT2D eigenvalue weighted by molar-refractivity contribution is 0.305. The van der Waals surface area contributed by atoms with E-state index >= 15 is 0 Å². The first kappa shape index (κ1) is 23.3. The summed E-state index contributed by atoms with van der Waals surface area (Å²) in [4.78, 5) is 13.3. The highest BCUT2D eigenvalue weighted by Gasteiger charge is 2.30. The third kappa shape index (κ3) is 4.22. The lowest BCUT2D eigenvalue weighted by atomic mass is 10.1. The van der Waals surface area contributed by atoms with Gasteiger partial charge in [-0.25, -0.2) is 0 Å². The number of nitrogens with one attached hydrogen (secondary N) is 1. The fourth-order valence-electron chi connectivity index (χ4n) is 3.88. The van der Waals surface area contributed by atoms with Gasteiger partial charge in [0.1, 0.15) is 28.6 Å². The van der Waals surface area contributed by atoms with Gasteiger partial charge in [-0.15, -0.1) is 4.40 Å². The molecule has 0 aliphatic carbocycles. The number of aromatic nitrogens is 1. The molecule has 0 radical (unpaired) electrons. The molecular formula is C26H22N4O5S. The molecule has 5 rings (SSSR count). The summed E-state index contributed by atoms with van der Waals surface area (Å²) in [7, 11) is -4.21. The number of ether oxygens (including phenoxy) is 1. The Kier molecular flexibility index (Phi) is 6.03. The third-order valence-corrected chi connectivity index (χ3v) is 6.91. The van der Waals surface area contributed by atoms with E-state index in [4.69, 9.17) is 4.74 Å². The van der Waals surface area contributed by atoms with E-state index in [1.54, 1.807) is 36.5 Å². The average molecular weight is 503 g/mol. The van der Waals surface area contributed by atoms with Crippen molar-refractivity contribution in [2.45, 2.75) is 24.8 Å². The molecule has 0 unspecified atom stereocenters. The number of anilines is 1. The van der Waals surface area contributed by atoms with Crippen LogP contribution in [0.4, 0.5) is 5.69 Å². The van der Waals surface area contributed by atoms with Crippen molar-refractivity contribution in [3.63, 3.8) is 0 Å². The van der Waals surface area contributed by atoms with E-state index < -0.39 is 15.6 Å². The van der Waals surface area contributed by atoms with Crippen LogP contribution >= 0.6 is 0 Å². The molecule has 1 aromatic heterocycles. The highest BCUT2D eigenvalue weighted by molar-refractivity contribution is 7.90. The first-order valence-corrected chi connectivity index (χ1v) is 12.7. The Balaban J connectivity index is 1.57. The maximum absolute atomic E-state index is 13.4. The molecule has 0 saturated heterocycles. The van der Waals surface area contributed by atoms with E-state index in [1.807, 2.05) is 37.3 Å². The van der Waals surface area contributed by atoms with Gasteiger partial charge < -0.3 is 15.2 Å². The molecule has 0 fully saturated rings. The molecule has 182 valence electrons. The predicted octanol–water partition coefficient (Wildman–Crippen LogP) is 4.09. The summed E-state index contributed by atoms with van der Waals surface area (Å²) in [6, 6.07) is 20.7. The minimum absolute atomic E-state index is 0.0959. The van der Waals surface area contributed by atoms with Crippen molar-refractivity contribution < 1.29 is 18.3 Å². The van der Waals surface area contributed by atoms with Gasteiger partial charge in [0.05, 0.1) is 11.2 Å². The van der Waals surface area contributed by atoms with Gasteiger partial charge in [-0.05, 0) is 36.2 Å². The molecule has 4 aromatic rings. The summed E-state index contributed by atoms with van der Waals surface area (Å²) >= 11 is 0. The van der Waals surface area contributed by atoms with Crippen molar-refractivity contribution in [2.75, 3.05) is 5.32 Å². The monoisotopic (exact) mass is 502 g/mol. The third-order valence-electron chi connectivity index (χ3n) is 5.59. The van der Waals surface area contributed by atoms with Gasteiger partial charge in [0, 0.05) is 17.7 Å². The van der Waals surface area contributed by atoms with Gasteiger partial charge in [-0.2, -0.15) is 18.2 Å². The SMILES string of the molecule is CC/C=N/n1c(=O)c(C2=NS(=O)(=O)c3cc(OCc4ccccc4)ccc3N2)c(O)c2ccccc21. The molecule has 0 amide bonds. The Bertz CT molecular complexity index is 1690. The van der Waals surface area contributed by atoms with Crippen molar-refractivity contribution in [1.82, 2.24) is 4.68 Å². The maximum Gasteiger partial charge on any atom is 0.286 e. The van der Waals surface area contributed by atoms with Crippen molar-refractivity contribution in [3.05, 3.63) is 94.3 Å². The second-order valence-electron chi connectivity index (χ2n) is 8.04. The number of benzene rings is 3. The summed E-state index contributed by atoms with van der Waals surface area (Å²) in [6.07, 6.45) is 2.13. The van der Waals surface area contributed by atoms with Crippen LogP contribution in [0.3, 0.4) is 0 Å². The number of aromatic hydroxyl groups is 1. The van der Waals surface area contributed by atoms with Crippen LogP contribution in [-0.2, 0) is 16.6 Å². The lowest BCUT2D eigenvalue weighted by Crippen LogP contribution is -2.31. The Hall–Kier alpha value is -4.44. The fourth-order valence-corrected chi connectivity index (χ4v) is 5.02. The van der Waals surface area contributed by atoms with Crippen molar-refractivity contribution >= 4 is 38.7 Å². The maximum atomic E-state index is 13.4. The fraction of sp³-hybridized carbons (Fsp3) is 0.115. The van der Waals surface area contributed by atoms with Crippen molar-refractivity contribution in [2.24, 2.45) is 9.50 Å². The molecule has 36 heavy (non-hydrogen) atoms. The van der Waals surface area contributed by atoms with E-state index in [9.17, 15) is 18.3 Å². The van der Waals surface area contributed by atoms with E-state index in [2.05, 4.69) is 14.8 Å². The van der Waals surface area contributed by atoms with Crippen molar-refractivity contribution in [1.29, 1.82) is 0 Å². The molecule has 0 atom stereocenters. The quantitative estimate of drug-likeness (QED) is 0.383. The zero-order valence-electron chi connectivity index (χ0n) is 19.2. The van der Waals surface area contributed by atoms with E-state index in [1.165, 1.54) is 12.1 Å². The van der Waals surface area contributed by atoms with Crippen LogP contribution in [0.1, 0.15) is 24.5 Å². The summed E-state index contributed by atoms with van der Waals surface area (Å²) in [5.74, 6) is -0.313. The second-order valence-corrected chi connectivity index (χ2v) is 9.61. The lowest BCUT2D eigenvalue weighted by Gasteiger charge is -2.20. The standard InChI is InChI=1S/C26H22N4O5S/c1-2-14-27-30-21-11-7-6-10-19(21)24(31)23(26(30)32)25-28-20-13-12-18(15-22(20)36(33,34)29-25)35-16-17-8-4-3-5-9-17/h3-15,31H,2,16H2,1H3,(H,28,29)/b27-14+. The van der Waals surface area contributed by atoms with Crippen LogP contribution in [0.2, 0.25) is 0 Å². The van der Waals surface area contributed by atoms with Gasteiger partial charge in [0.25, 0.3) is 15.6 Å². The van der Waals surface area contributed by atoms with Gasteiger partial charge in [-0.3, -0.25) is 4.79 Å². The molecule has 0 saturated carbocycles. The summed E-state index contributed by atoms with van der Waals surface area (Å²) in [5, 5.41) is 18.4. The number of hydrogen-bond donors (Lipinski definition) is 2. The Morgan fingerprint density at radius 2 is 1.83 bits per heavy atom. The second kappa shape index (κ2) is 9.31. The van der Waals surface area contributed by atoms with Crippen LogP contribution in [0, 0.1) is 0 Å². The summed E-state index contributed by atoms with van der Waals surface area (Å²) in [5.41, 5.74) is 0.533. The van der Waals surface area contributed by atoms with E-state index in [0.29, 0.717) is 23.1 Å². The van der Waals surface area contributed by atoms with Crippen LogP contribution in [-0.4, -0.2) is 30.3 Å². The van der Waals surface area contributed by atoms with Crippen LogP contribution in [0.15, 0.2) is 92.0 Å². The molecule has 9 nitrogen and oxygen atoms in total. The average Bonchev–Trinajstić information content (AvgIpc) is 2.88. The van der Waals surface area contributed by atoms with E-state index in [-0.39, 0.29) is 34.3 Å². The number of para-hydroxylation sites is 1. The zero-order chi connectivity index (χ0) is 25.3. The number of hydrogen-bond acceptors (Lipinski definition) is 7. The molecule has 1 aliphatic heterocycles. The number of pyridine rings is 1. The Morgan fingerprint density at radius 3 is 2.61 bits per heavy atom. The van der Waals surface area contributed by atoms with Crippen molar-refractivity contribution in [3.8, 4) is 11.5 Å². The number of rotatable bonds is 6. The number of nitrogens with zero attached hydrogens (tertiary/aromatic N) is 3. The van der Waals surface area contributed by atoms with Crippen LogP contribution < -0.4 is 15.6 Å². The summed E-state index contributed by atoms with van der Waals surface area (Å²) in [6.45, 7) is 2.14. The molecular weight excluding hydrogens is 480 g/mol. The number of sulfonamides is 1. The van der Waals surface area contributed by atoms with Gasteiger partial charge in [0.15, 0.2) is 5.84 Å². The first-order chi connectivity index (χ1) is 17.4. The molecule has 0 spiro atoms. The van der Waals surface area contributed by atoms with E-state index in [0.717, 1.165) is 10.2 Å². The largest absolute Gasteiger partial charge is 0.506 e. The molecule has 2 N–H and O–H groups in total. The topological polar surface area (TPSA) is 122 Å². The van der Waals surface area contributed by atoms with Gasteiger partial charge in [-0.1, -0.05) is 49.4 Å². The summed E-state index contributed by atoms with van der Waals surface area (Å²) < 4.78 is 37.0. The molecule has 2 heterocycles. The van der Waals surface area contributed by atoms with Gasteiger partial charge in [0.2, 0.25) is 0 Å². The minimum atomic E-state index is -4.21. The minimum Gasteiger partial charge on any atom is -0.506 e. The van der Waals surface area contributed by atoms with Crippen LogP contribution in [0.5, 0.6) is 11.5 Å². The number of amidine groups is 1. The highest BCUT2D eigenvalue weighted by Crippen LogP contribution is 2.34. The molecule has 3 aromatic carbocycles. The normalized spacial score (nSPS) is 14.3. The molecule has 0 bridgehead atoms.